The van der Waals surface area contributed by atoms with Crippen molar-refractivity contribution in [2.45, 2.75) is 13.3 Å². The van der Waals surface area contributed by atoms with Crippen LogP contribution in [-0.4, -0.2) is 12.9 Å². The van der Waals surface area contributed by atoms with Gasteiger partial charge in [0.1, 0.15) is 5.75 Å². The molecule has 1 rings (SSSR count). The zero-order chi connectivity index (χ0) is 11.3. The molecule has 15 heavy (non-hydrogen) atoms. The number of rotatable bonds is 4. The maximum atomic E-state index is 11.2. The summed E-state index contributed by atoms with van der Waals surface area (Å²) in [5.74, 6) is 0.972. The first kappa shape index (κ1) is 12.2. The van der Waals surface area contributed by atoms with Crippen molar-refractivity contribution in [1.29, 1.82) is 0 Å². The van der Waals surface area contributed by atoms with Crippen LogP contribution in [-0.2, 0) is 4.79 Å². The number of ketones is 1. The highest BCUT2D eigenvalue weighted by atomic mass is 127. The van der Waals surface area contributed by atoms with Crippen LogP contribution in [0.2, 0.25) is 0 Å². The van der Waals surface area contributed by atoms with Gasteiger partial charge in [-0.05, 0) is 46.4 Å². The summed E-state index contributed by atoms with van der Waals surface area (Å²) >= 11 is 2.17. The van der Waals surface area contributed by atoms with E-state index >= 15 is 0 Å². The number of halogens is 1. The largest absolute Gasteiger partial charge is 0.497 e. The molecule has 0 amide bonds. The van der Waals surface area contributed by atoms with Gasteiger partial charge in [-0.25, -0.2) is 0 Å². The molecular formula is C12H13IO2. The van der Waals surface area contributed by atoms with Gasteiger partial charge in [0.15, 0.2) is 5.78 Å². The van der Waals surface area contributed by atoms with Crippen molar-refractivity contribution in [2.24, 2.45) is 0 Å². The van der Waals surface area contributed by atoms with Gasteiger partial charge in [0.05, 0.1) is 7.11 Å². The van der Waals surface area contributed by atoms with E-state index in [0.717, 1.165) is 14.9 Å². The molecule has 1 aromatic carbocycles. The molecular weight excluding hydrogens is 303 g/mol. The Morgan fingerprint density at radius 3 is 2.47 bits per heavy atom. The SMILES string of the molecule is CCC(=O)C=C(I)c1ccc(OC)cc1. The monoisotopic (exact) mass is 316 g/mol. The Morgan fingerprint density at radius 1 is 1.40 bits per heavy atom. The van der Waals surface area contributed by atoms with Crippen LogP contribution in [0, 0.1) is 0 Å². The number of hydrogen-bond donors (Lipinski definition) is 0. The molecule has 0 atom stereocenters. The highest BCUT2D eigenvalue weighted by molar-refractivity contribution is 14.1. The van der Waals surface area contributed by atoms with E-state index in [1.807, 2.05) is 31.2 Å². The predicted octanol–water partition coefficient (Wildman–Crippen LogP) is 3.45. The fraction of sp³-hybridized carbons (Fsp3) is 0.250. The zero-order valence-corrected chi connectivity index (χ0v) is 10.9. The molecule has 0 heterocycles. The Morgan fingerprint density at radius 2 is 2.00 bits per heavy atom. The van der Waals surface area contributed by atoms with E-state index in [2.05, 4.69) is 22.6 Å². The number of carbonyl (C=O) groups excluding carboxylic acids is 1. The number of allylic oxidation sites excluding steroid dienone is 1. The van der Waals surface area contributed by atoms with Crippen molar-refractivity contribution in [3.8, 4) is 5.75 Å². The lowest BCUT2D eigenvalue weighted by Gasteiger charge is -2.02. The van der Waals surface area contributed by atoms with Crippen molar-refractivity contribution < 1.29 is 9.53 Å². The first-order chi connectivity index (χ1) is 7.17. The average Bonchev–Trinajstić information content (AvgIpc) is 2.29. The summed E-state index contributed by atoms with van der Waals surface area (Å²) in [6.07, 6.45) is 2.21. The quantitative estimate of drug-likeness (QED) is 0.628. The molecule has 3 heteroatoms. The predicted molar refractivity (Wildman–Crippen MR) is 70.3 cm³/mol. The van der Waals surface area contributed by atoms with E-state index in [4.69, 9.17) is 4.74 Å². The van der Waals surface area contributed by atoms with Crippen LogP contribution in [0.1, 0.15) is 18.9 Å². The number of hydrogen-bond acceptors (Lipinski definition) is 2. The van der Waals surface area contributed by atoms with Crippen LogP contribution in [0.4, 0.5) is 0 Å². The van der Waals surface area contributed by atoms with Crippen LogP contribution < -0.4 is 4.74 Å². The minimum absolute atomic E-state index is 0.148. The summed E-state index contributed by atoms with van der Waals surface area (Å²) < 4.78 is 6.02. The second-order valence-corrected chi connectivity index (χ2v) is 4.20. The highest BCUT2D eigenvalue weighted by Gasteiger charge is 2.00. The van der Waals surface area contributed by atoms with Crippen LogP contribution in [0.15, 0.2) is 30.3 Å². The van der Waals surface area contributed by atoms with E-state index in [1.54, 1.807) is 13.2 Å². The van der Waals surface area contributed by atoms with Crippen molar-refractivity contribution in [3.05, 3.63) is 35.9 Å². The zero-order valence-electron chi connectivity index (χ0n) is 8.79. The molecule has 0 aliphatic rings. The summed E-state index contributed by atoms with van der Waals surface area (Å²) in [5.41, 5.74) is 1.04. The first-order valence-electron chi connectivity index (χ1n) is 4.71. The van der Waals surface area contributed by atoms with Gasteiger partial charge >= 0.3 is 0 Å². The highest BCUT2D eigenvalue weighted by Crippen LogP contribution is 2.24. The number of ether oxygens (including phenoxy) is 1. The lowest BCUT2D eigenvalue weighted by molar-refractivity contribution is -0.114. The Kier molecular flexibility index (Phi) is 4.81. The second-order valence-electron chi connectivity index (χ2n) is 3.04. The van der Waals surface area contributed by atoms with E-state index < -0.39 is 0 Å². The molecule has 0 saturated heterocycles. The third-order valence-electron chi connectivity index (χ3n) is 2.00. The normalized spacial score (nSPS) is 11.3. The van der Waals surface area contributed by atoms with Crippen LogP contribution in [0.25, 0.3) is 3.58 Å². The van der Waals surface area contributed by atoms with Gasteiger partial charge in [-0.3, -0.25) is 4.79 Å². The van der Waals surface area contributed by atoms with Crippen molar-refractivity contribution >= 4 is 32.0 Å². The Balaban J connectivity index is 2.87. The number of benzene rings is 1. The maximum absolute atomic E-state index is 11.2. The van der Waals surface area contributed by atoms with Gasteiger partial charge in [-0.2, -0.15) is 0 Å². The molecule has 80 valence electrons. The van der Waals surface area contributed by atoms with Crippen molar-refractivity contribution in [3.63, 3.8) is 0 Å². The second kappa shape index (κ2) is 5.90. The molecule has 0 N–H and O–H groups in total. The van der Waals surface area contributed by atoms with Crippen molar-refractivity contribution in [2.75, 3.05) is 7.11 Å². The molecule has 0 aliphatic heterocycles. The van der Waals surface area contributed by atoms with E-state index in [9.17, 15) is 4.79 Å². The van der Waals surface area contributed by atoms with E-state index in [0.29, 0.717) is 6.42 Å². The van der Waals surface area contributed by atoms with Gasteiger partial charge in [-0.15, -0.1) is 0 Å². The summed E-state index contributed by atoms with van der Waals surface area (Å²) in [7, 11) is 1.64. The Labute approximate surface area is 103 Å². The van der Waals surface area contributed by atoms with Crippen LogP contribution >= 0.6 is 22.6 Å². The lowest BCUT2D eigenvalue weighted by Crippen LogP contribution is -1.89. The topological polar surface area (TPSA) is 26.3 Å². The molecule has 0 radical (unpaired) electrons. The molecule has 0 bridgehead atoms. The molecule has 0 spiro atoms. The summed E-state index contributed by atoms with van der Waals surface area (Å²) in [4.78, 5) is 11.2. The number of carbonyl (C=O) groups is 1. The van der Waals surface area contributed by atoms with Gasteiger partial charge in [-0.1, -0.05) is 19.1 Å². The van der Waals surface area contributed by atoms with Gasteiger partial charge in [0, 0.05) is 10.0 Å². The first-order valence-corrected chi connectivity index (χ1v) is 5.79. The smallest absolute Gasteiger partial charge is 0.156 e. The van der Waals surface area contributed by atoms with E-state index in [1.165, 1.54) is 0 Å². The Bertz CT molecular complexity index is 366. The molecule has 0 saturated carbocycles. The maximum Gasteiger partial charge on any atom is 0.156 e. The summed E-state index contributed by atoms with van der Waals surface area (Å²) in [6.45, 7) is 1.86. The molecule has 2 nitrogen and oxygen atoms in total. The molecule has 0 aromatic heterocycles. The third-order valence-corrected chi connectivity index (χ3v) is 2.94. The number of methoxy groups -OCH3 is 1. The minimum Gasteiger partial charge on any atom is -0.497 e. The van der Waals surface area contributed by atoms with Gasteiger partial charge in [0.2, 0.25) is 0 Å². The third kappa shape index (κ3) is 3.66. The van der Waals surface area contributed by atoms with E-state index in [-0.39, 0.29) is 5.78 Å². The van der Waals surface area contributed by atoms with Crippen molar-refractivity contribution in [1.82, 2.24) is 0 Å². The van der Waals surface area contributed by atoms with Gasteiger partial charge < -0.3 is 4.74 Å². The Hall–Kier alpha value is -0.840. The standard InChI is InChI=1S/C12H13IO2/c1-3-10(14)8-12(13)9-4-6-11(15-2)7-5-9/h4-8H,3H2,1-2H3. The minimum atomic E-state index is 0.148. The van der Waals surface area contributed by atoms with Crippen LogP contribution in [0.3, 0.4) is 0 Å². The molecule has 1 aromatic rings. The lowest BCUT2D eigenvalue weighted by atomic mass is 10.2. The van der Waals surface area contributed by atoms with Crippen LogP contribution in [0.5, 0.6) is 5.75 Å². The summed E-state index contributed by atoms with van der Waals surface area (Å²) in [5, 5.41) is 0. The average molecular weight is 316 g/mol. The summed E-state index contributed by atoms with van der Waals surface area (Å²) in [6, 6.07) is 7.66. The molecule has 0 fully saturated rings. The fourth-order valence-electron chi connectivity index (χ4n) is 1.08. The van der Waals surface area contributed by atoms with Gasteiger partial charge in [0.25, 0.3) is 0 Å². The molecule has 0 aliphatic carbocycles. The molecule has 0 unspecified atom stereocenters. The fourth-order valence-corrected chi connectivity index (χ4v) is 1.78.